The van der Waals surface area contributed by atoms with Gasteiger partial charge in [0.15, 0.2) is 0 Å². The normalized spacial score (nSPS) is 13.4. The molecule has 1 rings (SSSR count). The number of aromatic nitrogens is 3. The second-order valence-electron chi connectivity index (χ2n) is 2.05. The number of halogens is 1. The van der Waals surface area contributed by atoms with Crippen molar-refractivity contribution in [2.45, 2.75) is 20.1 Å². The first-order chi connectivity index (χ1) is 5.24. The van der Waals surface area contributed by atoms with Crippen molar-refractivity contribution in [2.75, 3.05) is 6.61 Å². The van der Waals surface area contributed by atoms with Crippen LogP contribution in [0.4, 0.5) is 0 Å². The minimum absolute atomic E-state index is 0.0428. The molecule has 1 atom stereocenters. The molecule has 0 fully saturated rings. The number of hydrogen-bond acceptors (Lipinski definition) is 3. The molecule has 1 heterocycles. The van der Waals surface area contributed by atoms with Gasteiger partial charge < -0.3 is 4.74 Å². The van der Waals surface area contributed by atoms with Crippen molar-refractivity contribution >= 4 is 15.9 Å². The van der Waals surface area contributed by atoms with E-state index in [1.54, 1.807) is 11.0 Å². The monoisotopic (exact) mass is 219 g/mol. The van der Waals surface area contributed by atoms with Crippen molar-refractivity contribution in [2.24, 2.45) is 0 Å². The highest BCUT2D eigenvalue weighted by Crippen LogP contribution is 2.07. The first-order valence-corrected chi connectivity index (χ1v) is 4.21. The zero-order chi connectivity index (χ0) is 8.27. The van der Waals surface area contributed by atoms with Crippen LogP contribution >= 0.6 is 15.9 Å². The quantitative estimate of drug-likeness (QED) is 0.776. The SMILES string of the molecule is CCOC(C)n1cnc(Br)n1. The molecule has 5 heteroatoms. The van der Waals surface area contributed by atoms with Gasteiger partial charge in [0.25, 0.3) is 0 Å². The van der Waals surface area contributed by atoms with Crippen molar-refractivity contribution < 1.29 is 4.74 Å². The maximum atomic E-state index is 5.28. The van der Waals surface area contributed by atoms with Crippen LogP contribution in [0.15, 0.2) is 11.1 Å². The third-order valence-electron chi connectivity index (χ3n) is 1.26. The number of rotatable bonds is 3. The molecule has 0 N–H and O–H groups in total. The van der Waals surface area contributed by atoms with E-state index in [0.29, 0.717) is 11.3 Å². The van der Waals surface area contributed by atoms with Crippen molar-refractivity contribution in [3.8, 4) is 0 Å². The number of nitrogens with zero attached hydrogens (tertiary/aromatic N) is 3. The van der Waals surface area contributed by atoms with Crippen molar-refractivity contribution in [3.05, 3.63) is 11.1 Å². The number of ether oxygens (including phenoxy) is 1. The molecule has 0 amide bonds. The lowest BCUT2D eigenvalue weighted by atomic mass is 10.6. The van der Waals surface area contributed by atoms with Gasteiger partial charge in [0.05, 0.1) is 0 Å². The van der Waals surface area contributed by atoms with E-state index in [-0.39, 0.29) is 6.23 Å². The predicted molar refractivity (Wildman–Crippen MR) is 44.1 cm³/mol. The molecule has 0 aliphatic heterocycles. The van der Waals surface area contributed by atoms with Crippen molar-refractivity contribution in [3.63, 3.8) is 0 Å². The molecule has 0 radical (unpaired) electrons. The Kier molecular flexibility index (Phi) is 3.02. The average molecular weight is 220 g/mol. The lowest BCUT2D eigenvalue weighted by Crippen LogP contribution is -2.09. The highest BCUT2D eigenvalue weighted by atomic mass is 79.9. The largest absolute Gasteiger partial charge is 0.357 e. The summed E-state index contributed by atoms with van der Waals surface area (Å²) in [5.74, 6) is 0. The third-order valence-corrected chi connectivity index (χ3v) is 1.62. The molecular formula is C6H10BrN3O. The maximum absolute atomic E-state index is 5.28. The molecule has 0 bridgehead atoms. The Morgan fingerprint density at radius 3 is 3.00 bits per heavy atom. The van der Waals surface area contributed by atoms with Gasteiger partial charge in [-0.25, -0.2) is 9.67 Å². The zero-order valence-corrected chi connectivity index (χ0v) is 8.08. The minimum atomic E-state index is -0.0428. The molecule has 0 aromatic carbocycles. The van der Waals surface area contributed by atoms with Crippen LogP contribution in [0.1, 0.15) is 20.1 Å². The van der Waals surface area contributed by atoms with E-state index in [1.807, 2.05) is 13.8 Å². The van der Waals surface area contributed by atoms with Gasteiger partial charge in [0.1, 0.15) is 12.6 Å². The van der Waals surface area contributed by atoms with E-state index in [2.05, 4.69) is 26.0 Å². The van der Waals surface area contributed by atoms with Gasteiger partial charge in [0.2, 0.25) is 4.73 Å². The van der Waals surface area contributed by atoms with Crippen LogP contribution in [0.3, 0.4) is 0 Å². The lowest BCUT2D eigenvalue weighted by molar-refractivity contribution is 0.0155. The molecule has 1 unspecified atom stereocenters. The standard InChI is InChI=1S/C6H10BrN3O/c1-3-11-5(2)10-4-8-6(7)9-10/h4-5H,3H2,1-2H3. The van der Waals surface area contributed by atoms with Gasteiger partial charge in [-0.15, -0.1) is 5.10 Å². The van der Waals surface area contributed by atoms with E-state index in [0.717, 1.165) is 0 Å². The third kappa shape index (κ3) is 2.27. The molecule has 0 aliphatic carbocycles. The van der Waals surface area contributed by atoms with Crippen LogP contribution in [0.5, 0.6) is 0 Å². The van der Waals surface area contributed by atoms with E-state index >= 15 is 0 Å². The summed E-state index contributed by atoms with van der Waals surface area (Å²) in [5.41, 5.74) is 0. The fourth-order valence-corrected chi connectivity index (χ4v) is 1.02. The smallest absolute Gasteiger partial charge is 0.217 e. The predicted octanol–water partition coefficient (Wildman–Crippen LogP) is 1.60. The van der Waals surface area contributed by atoms with Crippen LogP contribution in [0, 0.1) is 0 Å². The molecule has 0 saturated carbocycles. The van der Waals surface area contributed by atoms with E-state index in [4.69, 9.17) is 4.74 Å². The zero-order valence-electron chi connectivity index (χ0n) is 6.49. The van der Waals surface area contributed by atoms with Crippen LogP contribution in [0.25, 0.3) is 0 Å². The fourth-order valence-electron chi connectivity index (χ4n) is 0.746. The average Bonchev–Trinajstić information content (AvgIpc) is 2.36. The Labute approximate surface area is 73.7 Å². The Morgan fingerprint density at radius 1 is 1.82 bits per heavy atom. The van der Waals surface area contributed by atoms with Crippen LogP contribution in [-0.4, -0.2) is 21.4 Å². The number of hydrogen-bond donors (Lipinski definition) is 0. The molecule has 0 saturated heterocycles. The first-order valence-electron chi connectivity index (χ1n) is 3.42. The molecule has 62 valence electrons. The molecule has 0 spiro atoms. The second kappa shape index (κ2) is 3.82. The van der Waals surface area contributed by atoms with E-state index in [1.165, 1.54) is 0 Å². The molecule has 0 aliphatic rings. The second-order valence-corrected chi connectivity index (χ2v) is 2.76. The summed E-state index contributed by atoms with van der Waals surface area (Å²) in [7, 11) is 0. The molecule has 1 aromatic rings. The highest BCUT2D eigenvalue weighted by Gasteiger charge is 2.04. The van der Waals surface area contributed by atoms with Gasteiger partial charge in [-0.3, -0.25) is 0 Å². The van der Waals surface area contributed by atoms with Gasteiger partial charge >= 0.3 is 0 Å². The summed E-state index contributed by atoms with van der Waals surface area (Å²) >= 11 is 3.15. The maximum Gasteiger partial charge on any atom is 0.217 e. The van der Waals surface area contributed by atoms with Crippen LogP contribution < -0.4 is 0 Å². The van der Waals surface area contributed by atoms with Crippen molar-refractivity contribution in [1.82, 2.24) is 14.8 Å². The molecule has 11 heavy (non-hydrogen) atoms. The molecule has 1 aromatic heterocycles. The highest BCUT2D eigenvalue weighted by molar-refractivity contribution is 9.10. The van der Waals surface area contributed by atoms with Gasteiger partial charge in [-0.1, -0.05) is 0 Å². The van der Waals surface area contributed by atoms with Gasteiger partial charge in [-0.05, 0) is 29.8 Å². The van der Waals surface area contributed by atoms with Crippen LogP contribution in [0.2, 0.25) is 0 Å². The lowest BCUT2D eigenvalue weighted by Gasteiger charge is -2.09. The van der Waals surface area contributed by atoms with Crippen molar-refractivity contribution in [1.29, 1.82) is 0 Å². The summed E-state index contributed by atoms with van der Waals surface area (Å²) in [6.45, 7) is 4.55. The molecular weight excluding hydrogens is 210 g/mol. The van der Waals surface area contributed by atoms with E-state index in [9.17, 15) is 0 Å². The van der Waals surface area contributed by atoms with Gasteiger partial charge in [-0.2, -0.15) is 0 Å². The summed E-state index contributed by atoms with van der Waals surface area (Å²) in [5, 5.41) is 4.03. The minimum Gasteiger partial charge on any atom is -0.357 e. The molecule has 4 nitrogen and oxygen atoms in total. The Bertz CT molecular complexity index is 225. The Balaban J connectivity index is 2.60. The summed E-state index contributed by atoms with van der Waals surface area (Å²) < 4.78 is 7.53. The summed E-state index contributed by atoms with van der Waals surface area (Å²) in [6.07, 6.45) is 1.59. The topological polar surface area (TPSA) is 39.9 Å². The Morgan fingerprint density at radius 2 is 2.55 bits per heavy atom. The van der Waals surface area contributed by atoms with E-state index < -0.39 is 0 Å². The summed E-state index contributed by atoms with van der Waals surface area (Å²) in [4.78, 5) is 3.91. The van der Waals surface area contributed by atoms with Crippen LogP contribution in [-0.2, 0) is 4.74 Å². The Hall–Kier alpha value is -0.420. The summed E-state index contributed by atoms with van der Waals surface area (Å²) in [6, 6.07) is 0. The first kappa shape index (κ1) is 8.67. The van der Waals surface area contributed by atoms with Gasteiger partial charge in [0, 0.05) is 6.61 Å². The fraction of sp³-hybridized carbons (Fsp3) is 0.667.